The fraction of sp³-hybridized carbons (Fsp3) is 0.562. The molecule has 1 rings (SSSR count). The van der Waals surface area contributed by atoms with Crippen molar-refractivity contribution >= 4 is 5.91 Å². The molecule has 112 valence electrons. The van der Waals surface area contributed by atoms with E-state index in [1.807, 2.05) is 6.92 Å². The molecule has 0 saturated heterocycles. The van der Waals surface area contributed by atoms with Crippen molar-refractivity contribution in [2.45, 2.75) is 45.9 Å². The molecule has 1 atom stereocenters. The van der Waals surface area contributed by atoms with Gasteiger partial charge < -0.3 is 15.4 Å². The van der Waals surface area contributed by atoms with E-state index >= 15 is 0 Å². The first-order chi connectivity index (χ1) is 9.65. The molecule has 4 heteroatoms. The Labute approximate surface area is 121 Å². The molecule has 1 unspecified atom stereocenters. The summed E-state index contributed by atoms with van der Waals surface area (Å²) >= 11 is 0. The smallest absolute Gasteiger partial charge is 0.221 e. The topological polar surface area (TPSA) is 50.4 Å². The molecule has 0 aliphatic carbocycles. The van der Waals surface area contributed by atoms with E-state index < -0.39 is 0 Å². The molecule has 0 spiro atoms. The first-order valence-electron chi connectivity index (χ1n) is 7.22. The highest BCUT2D eigenvalue weighted by Gasteiger charge is 2.04. The maximum absolute atomic E-state index is 11.6. The van der Waals surface area contributed by atoms with Crippen LogP contribution in [0.1, 0.15) is 37.8 Å². The molecule has 0 radical (unpaired) electrons. The fourth-order valence-corrected chi connectivity index (χ4v) is 1.80. The first kappa shape index (κ1) is 16.7. The zero-order valence-corrected chi connectivity index (χ0v) is 12.7. The zero-order valence-electron chi connectivity index (χ0n) is 12.7. The van der Waals surface area contributed by atoms with Gasteiger partial charge in [-0.1, -0.05) is 31.2 Å². The van der Waals surface area contributed by atoms with Crippen LogP contribution in [0.15, 0.2) is 24.3 Å². The summed E-state index contributed by atoms with van der Waals surface area (Å²) in [4.78, 5) is 11.6. The molecule has 1 amide bonds. The maximum Gasteiger partial charge on any atom is 0.221 e. The van der Waals surface area contributed by atoms with E-state index in [0.29, 0.717) is 19.6 Å². The number of ether oxygens (including phenoxy) is 1. The van der Waals surface area contributed by atoms with Crippen LogP contribution in [-0.2, 0) is 22.7 Å². The Bertz CT molecular complexity index is 390. The normalized spacial score (nSPS) is 12.2. The molecule has 20 heavy (non-hydrogen) atoms. The van der Waals surface area contributed by atoms with Crippen LogP contribution in [0.25, 0.3) is 0 Å². The minimum Gasteiger partial charge on any atom is -0.380 e. The van der Waals surface area contributed by atoms with E-state index in [2.05, 4.69) is 41.8 Å². The van der Waals surface area contributed by atoms with Gasteiger partial charge in [-0.3, -0.25) is 4.79 Å². The van der Waals surface area contributed by atoms with Crippen molar-refractivity contribution in [3.8, 4) is 0 Å². The van der Waals surface area contributed by atoms with Crippen molar-refractivity contribution in [1.29, 1.82) is 0 Å². The van der Waals surface area contributed by atoms with E-state index in [1.54, 1.807) is 7.11 Å². The molecule has 0 heterocycles. The van der Waals surface area contributed by atoms with E-state index in [0.717, 1.165) is 13.0 Å². The number of hydrogen-bond donors (Lipinski definition) is 2. The zero-order chi connectivity index (χ0) is 14.8. The monoisotopic (exact) mass is 278 g/mol. The van der Waals surface area contributed by atoms with Crippen LogP contribution < -0.4 is 10.6 Å². The third-order valence-electron chi connectivity index (χ3n) is 3.21. The number of hydrogen-bond acceptors (Lipinski definition) is 3. The van der Waals surface area contributed by atoms with Gasteiger partial charge in [-0.25, -0.2) is 0 Å². The molecule has 0 aliphatic heterocycles. The van der Waals surface area contributed by atoms with E-state index in [4.69, 9.17) is 4.74 Å². The van der Waals surface area contributed by atoms with Crippen LogP contribution in [0.5, 0.6) is 0 Å². The number of carbonyl (C=O) groups excluding carboxylic acids is 1. The van der Waals surface area contributed by atoms with E-state index in [9.17, 15) is 4.79 Å². The molecule has 0 fully saturated rings. The summed E-state index contributed by atoms with van der Waals surface area (Å²) in [6.07, 6.45) is 1.49. The molecule has 0 aromatic heterocycles. The summed E-state index contributed by atoms with van der Waals surface area (Å²) in [5.74, 6) is 0.113. The minimum absolute atomic E-state index is 0.113. The number of benzene rings is 1. The lowest BCUT2D eigenvalue weighted by atomic mass is 10.1. The highest BCUT2D eigenvalue weighted by Crippen LogP contribution is 2.05. The Morgan fingerprint density at radius 3 is 2.50 bits per heavy atom. The van der Waals surface area contributed by atoms with Crippen LogP contribution in [-0.4, -0.2) is 25.6 Å². The highest BCUT2D eigenvalue weighted by molar-refractivity contribution is 5.76. The van der Waals surface area contributed by atoms with Crippen molar-refractivity contribution in [1.82, 2.24) is 10.6 Å². The summed E-state index contributed by atoms with van der Waals surface area (Å²) in [6.45, 7) is 6.21. The second kappa shape index (κ2) is 9.50. The average Bonchev–Trinajstić information content (AvgIpc) is 2.45. The Balaban J connectivity index is 2.19. The van der Waals surface area contributed by atoms with Crippen LogP contribution in [0.2, 0.25) is 0 Å². The maximum atomic E-state index is 11.6. The van der Waals surface area contributed by atoms with Gasteiger partial charge in [0.2, 0.25) is 5.91 Å². The largest absolute Gasteiger partial charge is 0.380 e. The molecule has 0 saturated carbocycles. The second-order valence-corrected chi connectivity index (χ2v) is 5.05. The van der Waals surface area contributed by atoms with Gasteiger partial charge in [-0.05, 0) is 24.5 Å². The van der Waals surface area contributed by atoms with Crippen molar-refractivity contribution in [3.05, 3.63) is 35.4 Å². The Hall–Kier alpha value is -1.39. The summed E-state index contributed by atoms with van der Waals surface area (Å²) in [6, 6.07) is 8.56. The van der Waals surface area contributed by atoms with Gasteiger partial charge >= 0.3 is 0 Å². The van der Waals surface area contributed by atoms with Crippen molar-refractivity contribution in [3.63, 3.8) is 0 Å². The number of carbonyl (C=O) groups is 1. The van der Waals surface area contributed by atoms with Gasteiger partial charge in [-0.15, -0.1) is 0 Å². The number of amides is 1. The summed E-state index contributed by atoms with van der Waals surface area (Å²) < 4.78 is 5.07. The van der Waals surface area contributed by atoms with Gasteiger partial charge in [0, 0.05) is 32.7 Å². The molecular weight excluding hydrogens is 252 g/mol. The fourth-order valence-electron chi connectivity index (χ4n) is 1.80. The lowest BCUT2D eigenvalue weighted by molar-refractivity contribution is -0.121. The summed E-state index contributed by atoms with van der Waals surface area (Å²) in [5.41, 5.74) is 2.39. The summed E-state index contributed by atoms with van der Waals surface area (Å²) in [5, 5.41) is 6.24. The molecule has 2 N–H and O–H groups in total. The predicted octanol–water partition coefficient (Wildman–Crippen LogP) is 2.23. The third-order valence-corrected chi connectivity index (χ3v) is 3.21. The van der Waals surface area contributed by atoms with Crippen LogP contribution in [0.4, 0.5) is 0 Å². The minimum atomic E-state index is 0.113. The number of nitrogens with one attached hydrogen (secondary N) is 2. The Morgan fingerprint density at radius 1 is 1.25 bits per heavy atom. The Kier molecular flexibility index (Phi) is 7.92. The average molecular weight is 278 g/mol. The van der Waals surface area contributed by atoms with E-state index in [-0.39, 0.29) is 11.9 Å². The first-order valence-corrected chi connectivity index (χ1v) is 7.22. The molecule has 1 aromatic carbocycles. The predicted molar refractivity (Wildman–Crippen MR) is 81.4 cm³/mol. The van der Waals surface area contributed by atoms with Crippen molar-refractivity contribution in [2.75, 3.05) is 13.7 Å². The second-order valence-electron chi connectivity index (χ2n) is 5.05. The number of rotatable bonds is 9. The quantitative estimate of drug-likeness (QED) is 0.681. The standard InChI is InChI=1S/C16H26N2O2/c1-4-13(2)18-16(19)9-10-17-11-14-5-7-15(8-6-14)12-20-3/h5-8,13,17H,4,9-12H2,1-3H3,(H,18,19). The lowest BCUT2D eigenvalue weighted by Crippen LogP contribution is -2.33. The van der Waals surface area contributed by atoms with Crippen molar-refractivity contribution in [2.24, 2.45) is 0 Å². The summed E-state index contributed by atoms with van der Waals surface area (Å²) in [7, 11) is 1.69. The van der Waals surface area contributed by atoms with Crippen LogP contribution in [0, 0.1) is 0 Å². The molecular formula is C16H26N2O2. The molecule has 0 bridgehead atoms. The van der Waals surface area contributed by atoms with E-state index in [1.165, 1.54) is 11.1 Å². The highest BCUT2D eigenvalue weighted by atomic mass is 16.5. The van der Waals surface area contributed by atoms with Gasteiger partial charge in [0.25, 0.3) is 0 Å². The van der Waals surface area contributed by atoms with Gasteiger partial charge in [0.05, 0.1) is 6.61 Å². The molecule has 0 aliphatic rings. The third kappa shape index (κ3) is 6.68. The SMILES string of the molecule is CCC(C)NC(=O)CCNCc1ccc(COC)cc1. The van der Waals surface area contributed by atoms with Gasteiger partial charge in [-0.2, -0.15) is 0 Å². The van der Waals surface area contributed by atoms with Gasteiger partial charge in [0.15, 0.2) is 0 Å². The van der Waals surface area contributed by atoms with Crippen LogP contribution in [0.3, 0.4) is 0 Å². The Morgan fingerprint density at radius 2 is 1.90 bits per heavy atom. The number of methoxy groups -OCH3 is 1. The molecule has 4 nitrogen and oxygen atoms in total. The van der Waals surface area contributed by atoms with Crippen LogP contribution >= 0.6 is 0 Å². The molecule has 1 aromatic rings. The van der Waals surface area contributed by atoms with Crippen molar-refractivity contribution < 1.29 is 9.53 Å². The lowest BCUT2D eigenvalue weighted by Gasteiger charge is -2.11. The van der Waals surface area contributed by atoms with Gasteiger partial charge in [0.1, 0.15) is 0 Å².